The summed E-state index contributed by atoms with van der Waals surface area (Å²) in [7, 11) is 0. The fourth-order valence-corrected chi connectivity index (χ4v) is 3.94. The normalized spacial score (nSPS) is 14.2. The summed E-state index contributed by atoms with van der Waals surface area (Å²) in [6.45, 7) is 2.63. The summed E-state index contributed by atoms with van der Waals surface area (Å²) in [6.07, 6.45) is 4.41. The number of aromatic nitrogens is 2. The maximum absolute atomic E-state index is 12.9. The van der Waals surface area contributed by atoms with Gasteiger partial charge in [0.2, 0.25) is 0 Å². The van der Waals surface area contributed by atoms with Gasteiger partial charge < -0.3 is 14.4 Å². The van der Waals surface area contributed by atoms with E-state index in [1.165, 1.54) is 0 Å². The van der Waals surface area contributed by atoms with Gasteiger partial charge in [0.05, 0.1) is 29.3 Å². The summed E-state index contributed by atoms with van der Waals surface area (Å²) in [5.74, 6) is -1.27. The molecule has 0 saturated carbocycles. The number of ether oxygens (including phenoxy) is 2. The first kappa shape index (κ1) is 22.4. The van der Waals surface area contributed by atoms with Crippen LogP contribution >= 0.6 is 0 Å². The van der Waals surface area contributed by atoms with Gasteiger partial charge in [0.25, 0.3) is 5.91 Å². The van der Waals surface area contributed by atoms with E-state index in [0.717, 1.165) is 5.56 Å². The average molecular weight is 447 g/mol. The van der Waals surface area contributed by atoms with Gasteiger partial charge in [-0.05, 0) is 44.0 Å². The molecule has 1 fully saturated rings. The van der Waals surface area contributed by atoms with Crippen molar-refractivity contribution in [2.75, 3.05) is 26.3 Å². The van der Waals surface area contributed by atoms with Crippen molar-refractivity contribution in [1.82, 2.24) is 14.9 Å². The summed E-state index contributed by atoms with van der Waals surface area (Å²) >= 11 is 0. The van der Waals surface area contributed by atoms with E-state index in [1.54, 1.807) is 36.4 Å². The molecule has 0 N–H and O–H groups in total. The molecule has 0 spiro atoms. The molecule has 170 valence electrons. The van der Waals surface area contributed by atoms with Crippen LogP contribution in [0.2, 0.25) is 0 Å². The summed E-state index contributed by atoms with van der Waals surface area (Å²) in [5, 5.41) is 0.656. The van der Waals surface area contributed by atoms with Crippen LogP contribution in [0.1, 0.15) is 30.1 Å². The highest BCUT2D eigenvalue weighted by Gasteiger charge is 2.28. The summed E-state index contributed by atoms with van der Waals surface area (Å²) in [6, 6.07) is 12.6. The molecule has 3 heterocycles. The Morgan fingerprint density at radius 2 is 1.76 bits per heavy atom. The third-order valence-corrected chi connectivity index (χ3v) is 5.71. The number of carbonyl (C=O) groups excluding carboxylic acids is 3. The van der Waals surface area contributed by atoms with E-state index in [0.29, 0.717) is 54.7 Å². The van der Waals surface area contributed by atoms with Crippen LogP contribution in [0.25, 0.3) is 22.2 Å². The molecule has 1 aliphatic rings. The third-order valence-electron chi connectivity index (χ3n) is 5.71. The fraction of sp³-hybridized carbons (Fsp3) is 0.320. The van der Waals surface area contributed by atoms with Crippen molar-refractivity contribution in [1.29, 1.82) is 0 Å². The molecule has 8 heteroatoms. The van der Waals surface area contributed by atoms with Crippen LogP contribution < -0.4 is 0 Å². The number of amides is 1. The Morgan fingerprint density at radius 1 is 1.03 bits per heavy atom. The quantitative estimate of drug-likeness (QED) is 0.535. The second-order valence-corrected chi connectivity index (χ2v) is 7.79. The molecule has 1 aromatic carbocycles. The predicted octanol–water partition coefficient (Wildman–Crippen LogP) is 3.26. The Kier molecular flexibility index (Phi) is 6.92. The first-order valence-corrected chi connectivity index (χ1v) is 11.0. The standard InChI is InChI=1S/C25H25N3O5/c1-2-32-24(30)18-9-13-28(14-10-18)23(29)16-33-25(31)20-15-22(17-7-11-26-12-8-17)27-21-6-4-3-5-19(20)21/h3-8,11-12,15,18H,2,9-10,13-14,16H2,1H3. The highest BCUT2D eigenvalue weighted by atomic mass is 16.5. The van der Waals surface area contributed by atoms with Gasteiger partial charge in [-0.25, -0.2) is 9.78 Å². The Labute approximate surface area is 191 Å². The van der Waals surface area contributed by atoms with Crippen molar-refractivity contribution in [3.63, 3.8) is 0 Å². The molecule has 8 nitrogen and oxygen atoms in total. The van der Waals surface area contributed by atoms with Crippen molar-refractivity contribution >= 4 is 28.7 Å². The lowest BCUT2D eigenvalue weighted by molar-refractivity contribution is -0.151. The Balaban J connectivity index is 1.44. The van der Waals surface area contributed by atoms with E-state index >= 15 is 0 Å². The van der Waals surface area contributed by atoms with Gasteiger partial charge in [0.15, 0.2) is 6.61 Å². The Morgan fingerprint density at radius 3 is 2.48 bits per heavy atom. The summed E-state index contributed by atoms with van der Waals surface area (Å²) in [4.78, 5) is 47.7. The van der Waals surface area contributed by atoms with Gasteiger partial charge >= 0.3 is 11.9 Å². The molecule has 0 atom stereocenters. The Hall–Kier alpha value is -3.81. The topological polar surface area (TPSA) is 98.7 Å². The second-order valence-electron chi connectivity index (χ2n) is 7.79. The summed E-state index contributed by atoms with van der Waals surface area (Å²) in [5.41, 5.74) is 2.45. The van der Waals surface area contributed by atoms with Crippen molar-refractivity contribution in [3.8, 4) is 11.3 Å². The largest absolute Gasteiger partial charge is 0.466 e. The van der Waals surface area contributed by atoms with Crippen LogP contribution in [0.3, 0.4) is 0 Å². The number of piperidine rings is 1. The molecule has 0 bridgehead atoms. The molecule has 0 aliphatic carbocycles. The molecule has 0 radical (unpaired) electrons. The van der Waals surface area contributed by atoms with Gasteiger partial charge in [0.1, 0.15) is 0 Å². The first-order valence-electron chi connectivity index (χ1n) is 11.0. The number of pyridine rings is 2. The van der Waals surface area contributed by atoms with Gasteiger partial charge in [-0.3, -0.25) is 14.6 Å². The van der Waals surface area contributed by atoms with Crippen molar-refractivity contribution in [3.05, 3.63) is 60.4 Å². The lowest BCUT2D eigenvalue weighted by Gasteiger charge is -2.30. The molecule has 3 aromatic rings. The maximum atomic E-state index is 12.9. The van der Waals surface area contributed by atoms with Gasteiger partial charge in [0, 0.05) is 36.4 Å². The number of fused-ring (bicyclic) bond motifs is 1. The fourth-order valence-electron chi connectivity index (χ4n) is 3.94. The van der Waals surface area contributed by atoms with Gasteiger partial charge in [-0.15, -0.1) is 0 Å². The van der Waals surface area contributed by atoms with Crippen LogP contribution in [0.5, 0.6) is 0 Å². The number of likely N-dealkylation sites (tertiary alicyclic amines) is 1. The zero-order valence-corrected chi connectivity index (χ0v) is 18.4. The number of para-hydroxylation sites is 1. The van der Waals surface area contributed by atoms with Crippen molar-refractivity contribution in [2.45, 2.75) is 19.8 Å². The monoisotopic (exact) mass is 447 g/mol. The van der Waals surface area contributed by atoms with Gasteiger partial charge in [-0.1, -0.05) is 18.2 Å². The molecule has 4 rings (SSSR count). The Bertz CT molecular complexity index is 1160. The van der Waals surface area contributed by atoms with Crippen LogP contribution in [0.15, 0.2) is 54.9 Å². The minimum absolute atomic E-state index is 0.189. The number of esters is 2. The number of rotatable bonds is 6. The number of hydrogen-bond acceptors (Lipinski definition) is 7. The molecule has 2 aromatic heterocycles. The average Bonchev–Trinajstić information content (AvgIpc) is 2.87. The number of benzene rings is 1. The molecular weight excluding hydrogens is 422 g/mol. The van der Waals surface area contributed by atoms with E-state index in [1.807, 2.05) is 30.3 Å². The lowest BCUT2D eigenvalue weighted by Crippen LogP contribution is -2.42. The van der Waals surface area contributed by atoms with Crippen molar-refractivity contribution < 1.29 is 23.9 Å². The van der Waals surface area contributed by atoms with E-state index in [4.69, 9.17) is 9.47 Å². The number of hydrogen-bond donors (Lipinski definition) is 0. The van der Waals surface area contributed by atoms with E-state index in [2.05, 4.69) is 9.97 Å². The molecule has 1 amide bonds. The highest BCUT2D eigenvalue weighted by molar-refractivity contribution is 6.05. The zero-order chi connectivity index (χ0) is 23.2. The van der Waals surface area contributed by atoms with Crippen LogP contribution in [0.4, 0.5) is 0 Å². The smallest absolute Gasteiger partial charge is 0.339 e. The maximum Gasteiger partial charge on any atom is 0.339 e. The first-order chi connectivity index (χ1) is 16.1. The van der Waals surface area contributed by atoms with Gasteiger partial charge in [-0.2, -0.15) is 0 Å². The van der Waals surface area contributed by atoms with Crippen molar-refractivity contribution in [2.24, 2.45) is 5.92 Å². The minimum Gasteiger partial charge on any atom is -0.466 e. The molecule has 0 unspecified atom stereocenters. The summed E-state index contributed by atoms with van der Waals surface area (Å²) < 4.78 is 10.5. The van der Waals surface area contributed by atoms with Crippen LogP contribution in [-0.2, 0) is 19.1 Å². The molecule has 33 heavy (non-hydrogen) atoms. The van der Waals surface area contributed by atoms with E-state index in [9.17, 15) is 14.4 Å². The molecular formula is C25H25N3O5. The van der Waals surface area contributed by atoms with E-state index < -0.39 is 5.97 Å². The molecule has 1 aliphatic heterocycles. The second kappa shape index (κ2) is 10.2. The third kappa shape index (κ3) is 5.16. The van der Waals surface area contributed by atoms with Crippen LogP contribution in [-0.4, -0.2) is 59.0 Å². The molecule has 1 saturated heterocycles. The predicted molar refractivity (Wildman–Crippen MR) is 121 cm³/mol. The van der Waals surface area contributed by atoms with Crippen LogP contribution in [0, 0.1) is 5.92 Å². The lowest BCUT2D eigenvalue weighted by atomic mass is 9.97. The SMILES string of the molecule is CCOC(=O)C1CCN(C(=O)COC(=O)c2cc(-c3ccncc3)nc3ccccc23)CC1. The minimum atomic E-state index is -0.585. The number of nitrogens with zero attached hydrogens (tertiary/aromatic N) is 3. The van der Waals surface area contributed by atoms with E-state index in [-0.39, 0.29) is 24.4 Å². The number of carbonyl (C=O) groups is 3. The highest BCUT2D eigenvalue weighted by Crippen LogP contribution is 2.25. The zero-order valence-electron chi connectivity index (χ0n) is 18.4.